The minimum Gasteiger partial charge on any atom is -0.822 e. The topological polar surface area (TPSA) is 126 Å². The number of phosphoric acid groups is 1. The Morgan fingerprint density at radius 2 is 1.30 bits per heavy atom. The summed E-state index contributed by atoms with van der Waals surface area (Å²) in [5, 5.41) is 8.89. The van der Waals surface area contributed by atoms with Gasteiger partial charge in [-0.2, -0.15) is 7.82 Å². The summed E-state index contributed by atoms with van der Waals surface area (Å²) in [5.41, 5.74) is 0. The number of carboxylic acids is 1. The molecular weight excluding hydrogens is 210 g/mol. The van der Waals surface area contributed by atoms with Gasteiger partial charge in [-0.15, -0.1) is 0 Å². The Labute approximate surface area is 67.3 Å². The fourth-order valence-corrected chi connectivity index (χ4v) is 0. The molecule has 0 saturated carbocycles. The third-order valence-electron chi connectivity index (χ3n) is 0. The van der Waals surface area contributed by atoms with Crippen LogP contribution in [0.2, 0.25) is 0 Å². The molecule has 0 unspecified atom stereocenters. The van der Waals surface area contributed by atoms with Crippen LogP contribution in [0.25, 0.3) is 0 Å². The van der Waals surface area contributed by atoms with Crippen LogP contribution in [0.1, 0.15) is 6.92 Å². The smallest absolute Gasteiger partial charge is 0.822 e. The van der Waals surface area contributed by atoms with Gasteiger partial charge in [0.15, 0.2) is 0 Å². The molecule has 0 rings (SSSR count). The first-order valence-electron chi connectivity index (χ1n) is 1.64. The number of rotatable bonds is 0. The summed E-state index contributed by atoms with van der Waals surface area (Å²) in [6.45, 7) is 0.972. The summed E-state index contributed by atoms with van der Waals surface area (Å²) in [5.74, 6) is -1.08. The van der Waals surface area contributed by atoms with Crippen molar-refractivity contribution >= 4 is 13.8 Å². The number of carbonyl (C=O) groups is 1. The second-order valence-corrected chi connectivity index (χ2v) is 1.83. The molecule has 0 fully saturated rings. The maximum absolute atomic E-state index is 8.89. The molecule has 0 aromatic carbocycles. The van der Waals surface area contributed by atoms with Crippen LogP contribution in [0.15, 0.2) is 0 Å². The van der Waals surface area contributed by atoms with E-state index in [0.717, 1.165) is 6.92 Å². The van der Waals surface area contributed by atoms with E-state index >= 15 is 0 Å². The predicted molar refractivity (Wildman–Crippen MR) is 18.3 cm³/mol. The van der Waals surface area contributed by atoms with Crippen LogP contribution in [0, 0.1) is 0 Å². The molecule has 10 heavy (non-hydrogen) atoms. The Morgan fingerprint density at radius 3 is 1.30 bits per heavy atom. The van der Waals surface area contributed by atoms with Crippen molar-refractivity contribution in [2.75, 3.05) is 0 Å². The minimum absolute atomic E-state index is 0. The molecule has 0 aliphatic rings. The van der Waals surface area contributed by atoms with Crippen molar-refractivity contribution in [3.8, 4) is 0 Å². The van der Waals surface area contributed by atoms with Crippen LogP contribution in [0.3, 0.4) is 0 Å². The number of aliphatic carboxylic acids is 1. The fourth-order valence-electron chi connectivity index (χ4n) is 0. The number of carboxylic acid groups (broad SMARTS) is 1. The van der Waals surface area contributed by atoms with Gasteiger partial charge in [-0.05, 0) is 6.92 Å². The molecule has 61 valence electrons. The fraction of sp³-hybridized carbons (Fsp3) is 0.500. The summed E-state index contributed by atoms with van der Waals surface area (Å²) in [6, 6.07) is 0. The van der Waals surface area contributed by atoms with E-state index in [9.17, 15) is 0 Å². The molecule has 0 aliphatic carbocycles. The van der Waals surface area contributed by atoms with Gasteiger partial charge in [0.1, 0.15) is 0 Å². The molecule has 0 bridgehead atoms. The van der Waals surface area contributed by atoms with Gasteiger partial charge in [0.25, 0.3) is 0 Å². The van der Waals surface area contributed by atoms with Crippen LogP contribution in [0.4, 0.5) is 0 Å². The zero-order valence-corrected chi connectivity index (χ0v) is 6.67. The molecule has 0 aromatic rings. The zero-order chi connectivity index (χ0) is 8.08. The second-order valence-electron chi connectivity index (χ2n) is 0.939. The first kappa shape index (κ1) is 16.6. The standard InChI is InChI=1S/C2H4O2.Co.H3O4P/c1-2(3)4;;1-5(2,3)4/h1H3,(H,3,4);;(H3,1,2,3,4)/q;+4;/p-4. The van der Waals surface area contributed by atoms with Crippen LogP contribution in [-0.4, -0.2) is 5.97 Å². The van der Waals surface area contributed by atoms with Crippen LogP contribution in [0.5, 0.6) is 0 Å². The molecule has 0 aliphatic heterocycles. The van der Waals surface area contributed by atoms with E-state index < -0.39 is 13.8 Å². The van der Waals surface area contributed by atoms with E-state index in [4.69, 9.17) is 29.1 Å². The Bertz CT molecular complexity index is 115. The van der Waals surface area contributed by atoms with E-state index in [0.29, 0.717) is 0 Å². The van der Waals surface area contributed by atoms with E-state index in [1.807, 2.05) is 0 Å². The van der Waals surface area contributed by atoms with Crippen molar-refractivity contribution in [3.05, 3.63) is 0 Å². The van der Waals surface area contributed by atoms with Crippen molar-refractivity contribution in [3.63, 3.8) is 0 Å². The van der Waals surface area contributed by atoms with Crippen molar-refractivity contribution in [1.82, 2.24) is 0 Å². The van der Waals surface area contributed by atoms with Gasteiger partial charge in [-0.1, -0.05) is 0 Å². The predicted octanol–water partition coefficient (Wildman–Crippen LogP) is -4.07. The van der Waals surface area contributed by atoms with Gasteiger partial charge in [0, 0.05) is 5.97 Å². The van der Waals surface area contributed by atoms with Gasteiger partial charge in [-0.25, -0.2) is 0 Å². The zero-order valence-electron chi connectivity index (χ0n) is 4.73. The van der Waals surface area contributed by atoms with Crippen LogP contribution in [-0.2, 0) is 26.1 Å². The second kappa shape index (κ2) is 7.20. The summed E-state index contributed by atoms with van der Waals surface area (Å²) in [7, 11) is -5.39. The summed E-state index contributed by atoms with van der Waals surface area (Å²) >= 11 is 0. The van der Waals surface area contributed by atoms with E-state index in [2.05, 4.69) is 0 Å². The van der Waals surface area contributed by atoms with Crippen molar-refractivity contribution in [2.24, 2.45) is 0 Å². The monoisotopic (exact) mass is 213 g/mol. The van der Waals surface area contributed by atoms with Gasteiger partial charge in [0.2, 0.25) is 0 Å². The first-order valence-corrected chi connectivity index (χ1v) is 3.10. The number of carbonyl (C=O) groups excluding carboxylic acids is 1. The first-order chi connectivity index (χ1) is 3.73. The third-order valence-corrected chi connectivity index (χ3v) is 0. The van der Waals surface area contributed by atoms with E-state index in [1.165, 1.54) is 0 Å². The molecule has 0 atom stereocenters. The SMILES string of the molecule is CC(=O)[O-].O=P([O-])([O-])[O-].[Co+4]. The Kier molecular flexibility index (Phi) is 11.9. The number of hydrogen-bond donors (Lipinski definition) is 0. The quantitative estimate of drug-likeness (QED) is 0.376. The van der Waals surface area contributed by atoms with Gasteiger partial charge in [0.05, 0.1) is 0 Å². The van der Waals surface area contributed by atoms with E-state index in [1.54, 1.807) is 0 Å². The largest absolute Gasteiger partial charge is 4.00 e. The van der Waals surface area contributed by atoms with Crippen LogP contribution >= 0.6 is 7.82 Å². The maximum atomic E-state index is 8.89. The summed E-state index contributed by atoms with van der Waals surface area (Å²) in [6.07, 6.45) is 0. The average molecular weight is 213 g/mol. The Balaban J connectivity index is -0.0000000910. The van der Waals surface area contributed by atoms with Crippen molar-refractivity contribution in [1.29, 1.82) is 0 Å². The van der Waals surface area contributed by atoms with E-state index in [-0.39, 0.29) is 16.8 Å². The molecule has 8 heteroatoms. The molecule has 0 spiro atoms. The summed E-state index contributed by atoms with van der Waals surface area (Å²) in [4.78, 5) is 34.5. The molecule has 0 N–H and O–H groups in total. The molecule has 0 aromatic heterocycles. The van der Waals surface area contributed by atoms with Crippen LogP contribution < -0.4 is 19.8 Å². The Morgan fingerprint density at radius 1 is 1.30 bits per heavy atom. The summed E-state index contributed by atoms with van der Waals surface area (Å²) < 4.78 is 8.55. The molecule has 6 nitrogen and oxygen atoms in total. The molecule has 1 radical (unpaired) electrons. The van der Waals surface area contributed by atoms with Gasteiger partial charge >= 0.3 is 16.8 Å². The van der Waals surface area contributed by atoms with Gasteiger partial charge in [-0.3, -0.25) is 0 Å². The van der Waals surface area contributed by atoms with Crippen molar-refractivity contribution in [2.45, 2.75) is 6.92 Å². The third kappa shape index (κ3) is 54300. The molecule has 0 amide bonds. The van der Waals surface area contributed by atoms with Gasteiger partial charge < -0.3 is 29.1 Å². The number of hydrogen-bond acceptors (Lipinski definition) is 6. The Hall–Kier alpha value is 0.0865. The minimum atomic E-state index is -5.39. The molecular formula is C2H3CoO6P. The molecule has 0 heterocycles. The normalized spacial score (nSPS) is 8.40. The average Bonchev–Trinajstić information content (AvgIpc) is 1.19. The van der Waals surface area contributed by atoms with Crippen molar-refractivity contribution < 1.29 is 45.9 Å². The maximum Gasteiger partial charge on any atom is 4.00 e. The molecule has 0 saturated heterocycles.